The summed E-state index contributed by atoms with van der Waals surface area (Å²) in [5.74, 6) is 0.865. The molecule has 3 nitrogen and oxygen atoms in total. The predicted octanol–water partition coefficient (Wildman–Crippen LogP) is 3.38. The van der Waals surface area contributed by atoms with E-state index in [1.54, 1.807) is 7.11 Å². The lowest BCUT2D eigenvalue weighted by atomic mass is 9.85. The van der Waals surface area contributed by atoms with E-state index in [4.69, 9.17) is 10.5 Å². The molecule has 1 aromatic carbocycles. The van der Waals surface area contributed by atoms with E-state index in [-0.39, 0.29) is 11.6 Å². The number of methoxy groups -OCH3 is 1. The molecule has 1 rings (SSSR count). The Balaban J connectivity index is 2.99. The van der Waals surface area contributed by atoms with Gasteiger partial charge in [0, 0.05) is 6.04 Å². The molecule has 2 N–H and O–H groups in total. The van der Waals surface area contributed by atoms with Crippen molar-refractivity contribution >= 4 is 0 Å². The van der Waals surface area contributed by atoms with Crippen LogP contribution in [0, 0.1) is 0 Å². The third-order valence-corrected chi connectivity index (χ3v) is 4.13. The first-order valence-corrected chi connectivity index (χ1v) is 7.64. The minimum Gasteiger partial charge on any atom is -0.497 e. The molecule has 2 atom stereocenters. The molecule has 20 heavy (non-hydrogen) atoms. The highest BCUT2D eigenvalue weighted by Crippen LogP contribution is 2.28. The van der Waals surface area contributed by atoms with Crippen molar-refractivity contribution in [2.45, 2.75) is 52.1 Å². The van der Waals surface area contributed by atoms with E-state index in [2.05, 4.69) is 38.7 Å². The quantitative estimate of drug-likeness (QED) is 0.792. The SMILES string of the molecule is CCCN(CCC)C(C)C(C)(N)c1cccc(OC)c1. The van der Waals surface area contributed by atoms with E-state index in [1.165, 1.54) is 0 Å². The highest BCUT2D eigenvalue weighted by atomic mass is 16.5. The van der Waals surface area contributed by atoms with Crippen LogP contribution in [0.3, 0.4) is 0 Å². The van der Waals surface area contributed by atoms with Crippen molar-refractivity contribution in [3.63, 3.8) is 0 Å². The van der Waals surface area contributed by atoms with Gasteiger partial charge in [-0.3, -0.25) is 4.90 Å². The van der Waals surface area contributed by atoms with E-state index < -0.39 is 0 Å². The number of rotatable bonds is 8. The summed E-state index contributed by atoms with van der Waals surface area (Å²) in [4.78, 5) is 2.49. The Bertz CT molecular complexity index is 398. The van der Waals surface area contributed by atoms with Gasteiger partial charge in [0.05, 0.1) is 12.6 Å². The van der Waals surface area contributed by atoms with Crippen LogP contribution in [0.25, 0.3) is 0 Å². The lowest BCUT2D eigenvalue weighted by Gasteiger charge is -2.40. The van der Waals surface area contributed by atoms with Crippen LogP contribution in [0.15, 0.2) is 24.3 Å². The van der Waals surface area contributed by atoms with Crippen molar-refractivity contribution in [3.05, 3.63) is 29.8 Å². The Labute approximate surface area is 124 Å². The summed E-state index contributed by atoms with van der Waals surface area (Å²) >= 11 is 0. The molecule has 0 aliphatic rings. The van der Waals surface area contributed by atoms with Crippen molar-refractivity contribution in [2.24, 2.45) is 5.73 Å². The normalized spacial score (nSPS) is 15.9. The molecule has 0 bridgehead atoms. The van der Waals surface area contributed by atoms with Gasteiger partial charge in [-0.05, 0) is 57.5 Å². The third kappa shape index (κ3) is 3.97. The number of benzene rings is 1. The van der Waals surface area contributed by atoms with Gasteiger partial charge in [-0.15, -0.1) is 0 Å². The van der Waals surface area contributed by atoms with Crippen LogP contribution in [0.5, 0.6) is 5.75 Å². The minimum atomic E-state index is -0.390. The molecule has 0 saturated heterocycles. The Morgan fingerprint density at radius 1 is 1.25 bits per heavy atom. The van der Waals surface area contributed by atoms with Gasteiger partial charge >= 0.3 is 0 Å². The molecule has 0 aliphatic carbocycles. The second kappa shape index (κ2) is 7.65. The second-order valence-electron chi connectivity index (χ2n) is 5.73. The third-order valence-electron chi connectivity index (χ3n) is 4.13. The fourth-order valence-corrected chi connectivity index (χ4v) is 2.65. The Morgan fingerprint density at radius 2 is 1.85 bits per heavy atom. The maximum absolute atomic E-state index is 6.67. The fraction of sp³-hybridized carbons (Fsp3) is 0.647. The summed E-state index contributed by atoms with van der Waals surface area (Å²) in [6, 6.07) is 8.40. The number of ether oxygens (including phenoxy) is 1. The van der Waals surface area contributed by atoms with Crippen LogP contribution in [0.2, 0.25) is 0 Å². The van der Waals surface area contributed by atoms with Gasteiger partial charge in [-0.25, -0.2) is 0 Å². The maximum atomic E-state index is 6.67. The molecule has 0 radical (unpaired) electrons. The molecule has 0 saturated carbocycles. The smallest absolute Gasteiger partial charge is 0.119 e. The lowest BCUT2D eigenvalue weighted by Crippen LogP contribution is -2.53. The van der Waals surface area contributed by atoms with E-state index in [0.29, 0.717) is 0 Å². The molecular formula is C17H30N2O. The predicted molar refractivity (Wildman–Crippen MR) is 86.2 cm³/mol. The van der Waals surface area contributed by atoms with Crippen LogP contribution in [-0.2, 0) is 5.54 Å². The maximum Gasteiger partial charge on any atom is 0.119 e. The van der Waals surface area contributed by atoms with Gasteiger partial charge in [-0.2, -0.15) is 0 Å². The van der Waals surface area contributed by atoms with Gasteiger partial charge in [-0.1, -0.05) is 26.0 Å². The number of hydrogen-bond acceptors (Lipinski definition) is 3. The molecule has 3 heteroatoms. The van der Waals surface area contributed by atoms with Crippen LogP contribution >= 0.6 is 0 Å². The molecule has 0 fully saturated rings. The Hall–Kier alpha value is -1.06. The van der Waals surface area contributed by atoms with Gasteiger partial charge < -0.3 is 10.5 Å². The zero-order chi connectivity index (χ0) is 15.2. The van der Waals surface area contributed by atoms with E-state index in [1.807, 2.05) is 18.2 Å². The Morgan fingerprint density at radius 3 is 2.35 bits per heavy atom. The molecule has 114 valence electrons. The average molecular weight is 278 g/mol. The summed E-state index contributed by atoms with van der Waals surface area (Å²) < 4.78 is 5.32. The molecule has 0 aliphatic heterocycles. The Kier molecular flexibility index (Phi) is 6.50. The second-order valence-corrected chi connectivity index (χ2v) is 5.73. The highest BCUT2D eigenvalue weighted by Gasteiger charge is 2.32. The van der Waals surface area contributed by atoms with Crippen LogP contribution in [0.1, 0.15) is 46.1 Å². The summed E-state index contributed by atoms with van der Waals surface area (Å²) in [7, 11) is 1.69. The summed E-state index contributed by atoms with van der Waals surface area (Å²) in [5, 5.41) is 0. The summed E-state index contributed by atoms with van der Waals surface area (Å²) in [5.41, 5.74) is 7.41. The van der Waals surface area contributed by atoms with E-state index in [9.17, 15) is 0 Å². The highest BCUT2D eigenvalue weighted by molar-refractivity contribution is 5.33. The fourth-order valence-electron chi connectivity index (χ4n) is 2.65. The summed E-state index contributed by atoms with van der Waals surface area (Å²) in [6.45, 7) is 11.0. The zero-order valence-electron chi connectivity index (χ0n) is 13.6. The van der Waals surface area contributed by atoms with Crippen LogP contribution in [-0.4, -0.2) is 31.1 Å². The molecule has 0 amide bonds. The number of nitrogens with zero attached hydrogens (tertiary/aromatic N) is 1. The van der Waals surface area contributed by atoms with E-state index >= 15 is 0 Å². The van der Waals surface area contributed by atoms with Crippen molar-refractivity contribution in [2.75, 3.05) is 20.2 Å². The summed E-state index contributed by atoms with van der Waals surface area (Å²) in [6.07, 6.45) is 2.30. The number of hydrogen-bond donors (Lipinski definition) is 1. The largest absolute Gasteiger partial charge is 0.497 e. The minimum absolute atomic E-state index is 0.287. The van der Waals surface area contributed by atoms with Crippen molar-refractivity contribution in [1.82, 2.24) is 4.90 Å². The standard InChI is InChI=1S/C17H30N2O/c1-6-11-19(12-7-2)14(3)17(4,18)15-9-8-10-16(13-15)20-5/h8-10,13-14H,6-7,11-12,18H2,1-5H3. The van der Waals surface area contributed by atoms with Gasteiger partial charge in [0.15, 0.2) is 0 Å². The molecule has 2 unspecified atom stereocenters. The number of nitrogens with two attached hydrogens (primary N) is 1. The van der Waals surface area contributed by atoms with Gasteiger partial charge in [0.1, 0.15) is 5.75 Å². The molecule has 1 aromatic rings. The molecule has 0 aromatic heterocycles. The van der Waals surface area contributed by atoms with Crippen molar-refractivity contribution in [1.29, 1.82) is 0 Å². The topological polar surface area (TPSA) is 38.5 Å². The zero-order valence-corrected chi connectivity index (χ0v) is 13.6. The molecule has 0 spiro atoms. The van der Waals surface area contributed by atoms with Crippen LogP contribution in [0.4, 0.5) is 0 Å². The first kappa shape index (κ1) is 17.0. The lowest BCUT2D eigenvalue weighted by molar-refractivity contribution is 0.140. The first-order valence-electron chi connectivity index (χ1n) is 7.64. The van der Waals surface area contributed by atoms with Crippen molar-refractivity contribution in [3.8, 4) is 5.75 Å². The van der Waals surface area contributed by atoms with Crippen molar-refractivity contribution < 1.29 is 4.74 Å². The van der Waals surface area contributed by atoms with E-state index in [0.717, 1.165) is 37.2 Å². The molecular weight excluding hydrogens is 248 g/mol. The van der Waals surface area contributed by atoms with Gasteiger partial charge in [0.2, 0.25) is 0 Å². The molecule has 0 heterocycles. The monoisotopic (exact) mass is 278 g/mol. The van der Waals surface area contributed by atoms with Crippen LogP contribution < -0.4 is 10.5 Å². The average Bonchev–Trinajstić information content (AvgIpc) is 2.46. The van der Waals surface area contributed by atoms with Gasteiger partial charge in [0.25, 0.3) is 0 Å². The first-order chi connectivity index (χ1) is 9.47.